The minimum absolute atomic E-state index is 0.202. The SMILES string of the molecule is COc1cc2c(c(OC)c1OC)-c1ccc(OC(O)NCCS(=O)(=O)O)cc1C(NC(C)=O)CC2. The van der Waals surface area contributed by atoms with Gasteiger partial charge in [0.1, 0.15) is 5.75 Å². The zero-order valence-corrected chi connectivity index (χ0v) is 20.8. The number of methoxy groups -OCH3 is 3. The molecule has 11 nitrogen and oxygen atoms in total. The van der Waals surface area contributed by atoms with Crippen LogP contribution in [0.25, 0.3) is 11.1 Å². The van der Waals surface area contributed by atoms with Crippen LogP contribution >= 0.6 is 0 Å². The normalized spacial score (nSPS) is 15.8. The van der Waals surface area contributed by atoms with Crippen LogP contribution in [0.15, 0.2) is 24.3 Å². The van der Waals surface area contributed by atoms with Gasteiger partial charge in [-0.25, -0.2) is 0 Å². The Bertz CT molecular complexity index is 1180. The van der Waals surface area contributed by atoms with E-state index in [-0.39, 0.29) is 24.2 Å². The van der Waals surface area contributed by atoms with Crippen molar-refractivity contribution < 1.29 is 41.8 Å². The summed E-state index contributed by atoms with van der Waals surface area (Å²) in [6.07, 6.45) is -0.329. The van der Waals surface area contributed by atoms with Crippen molar-refractivity contribution in [3.05, 3.63) is 35.4 Å². The molecule has 192 valence electrons. The van der Waals surface area contributed by atoms with Gasteiger partial charge >= 0.3 is 0 Å². The van der Waals surface area contributed by atoms with Crippen LogP contribution in [0.2, 0.25) is 0 Å². The predicted molar refractivity (Wildman–Crippen MR) is 127 cm³/mol. The molecule has 0 saturated carbocycles. The number of rotatable bonds is 10. The Balaban J connectivity index is 2.04. The molecule has 2 aromatic rings. The monoisotopic (exact) mass is 510 g/mol. The first kappa shape index (κ1) is 26.5. The average Bonchev–Trinajstić information content (AvgIpc) is 2.93. The van der Waals surface area contributed by atoms with Gasteiger partial charge in [0.2, 0.25) is 11.7 Å². The lowest BCUT2D eigenvalue weighted by molar-refractivity contribution is -0.119. The summed E-state index contributed by atoms with van der Waals surface area (Å²) in [5.74, 6) is 0.968. The summed E-state index contributed by atoms with van der Waals surface area (Å²) in [4.78, 5) is 12.0. The van der Waals surface area contributed by atoms with Gasteiger partial charge < -0.3 is 29.4 Å². The molecule has 0 aliphatic heterocycles. The number of benzene rings is 2. The first-order valence-electron chi connectivity index (χ1n) is 10.8. The van der Waals surface area contributed by atoms with Crippen molar-refractivity contribution in [1.82, 2.24) is 10.6 Å². The maximum Gasteiger partial charge on any atom is 0.266 e. The molecule has 0 saturated heterocycles. The lowest BCUT2D eigenvalue weighted by Crippen LogP contribution is -2.37. The molecule has 12 heteroatoms. The molecule has 35 heavy (non-hydrogen) atoms. The van der Waals surface area contributed by atoms with Crippen molar-refractivity contribution in [3.8, 4) is 34.1 Å². The molecule has 1 aliphatic carbocycles. The molecule has 1 aliphatic rings. The lowest BCUT2D eigenvalue weighted by Gasteiger charge is -2.22. The van der Waals surface area contributed by atoms with E-state index in [1.807, 2.05) is 6.07 Å². The van der Waals surface area contributed by atoms with Gasteiger partial charge in [-0.2, -0.15) is 8.42 Å². The third-order valence-corrected chi connectivity index (χ3v) is 6.31. The highest BCUT2D eigenvalue weighted by molar-refractivity contribution is 7.85. The molecule has 2 aromatic carbocycles. The summed E-state index contributed by atoms with van der Waals surface area (Å²) in [5.41, 5.74) is 3.28. The molecule has 1 amide bonds. The Labute approximate surface area is 204 Å². The van der Waals surface area contributed by atoms with E-state index in [4.69, 9.17) is 23.5 Å². The van der Waals surface area contributed by atoms with Gasteiger partial charge in [-0.15, -0.1) is 0 Å². The van der Waals surface area contributed by atoms with Crippen LogP contribution in [-0.2, 0) is 21.3 Å². The van der Waals surface area contributed by atoms with Gasteiger partial charge in [-0.3, -0.25) is 14.7 Å². The Morgan fingerprint density at radius 2 is 1.86 bits per heavy atom. The van der Waals surface area contributed by atoms with E-state index in [1.54, 1.807) is 32.4 Å². The Morgan fingerprint density at radius 1 is 1.14 bits per heavy atom. The second-order valence-corrected chi connectivity index (χ2v) is 9.50. The fraction of sp³-hybridized carbons (Fsp3) is 0.435. The number of hydrogen-bond donors (Lipinski definition) is 4. The largest absolute Gasteiger partial charge is 0.493 e. The molecule has 0 fully saturated rings. The number of nitrogens with one attached hydrogen (secondary N) is 2. The molecule has 2 unspecified atom stereocenters. The van der Waals surface area contributed by atoms with Crippen LogP contribution in [0.1, 0.15) is 30.5 Å². The summed E-state index contributed by atoms with van der Waals surface area (Å²) < 4.78 is 52.8. The quantitative estimate of drug-likeness (QED) is 0.274. The average molecular weight is 511 g/mol. The van der Waals surface area contributed by atoms with Crippen LogP contribution < -0.4 is 29.6 Å². The molecule has 0 aromatic heterocycles. The number of ether oxygens (including phenoxy) is 4. The van der Waals surface area contributed by atoms with E-state index >= 15 is 0 Å². The second kappa shape index (κ2) is 11.1. The first-order valence-corrected chi connectivity index (χ1v) is 12.4. The van der Waals surface area contributed by atoms with Crippen LogP contribution in [0.4, 0.5) is 0 Å². The van der Waals surface area contributed by atoms with Crippen molar-refractivity contribution in [1.29, 1.82) is 0 Å². The zero-order valence-electron chi connectivity index (χ0n) is 20.0. The fourth-order valence-electron chi connectivity index (χ4n) is 4.16. The van der Waals surface area contributed by atoms with Gasteiger partial charge in [0.15, 0.2) is 11.5 Å². The van der Waals surface area contributed by atoms with E-state index in [9.17, 15) is 18.3 Å². The molecule has 0 heterocycles. The number of carbonyl (C=O) groups is 1. The zero-order chi connectivity index (χ0) is 25.8. The van der Waals surface area contributed by atoms with E-state index in [0.29, 0.717) is 30.1 Å². The second-order valence-electron chi connectivity index (χ2n) is 7.93. The standard InChI is InChI=1S/C23H30N2O9S/c1-13(26)25-18-8-5-14-11-19(31-2)21(32-3)22(33-4)20(14)16-7-6-15(12-17(16)18)34-23(27)24-9-10-35(28,29)30/h6-7,11-12,18,23-24,27H,5,8-10H2,1-4H3,(H,25,26)(H,28,29,30). The van der Waals surface area contributed by atoms with Crippen LogP contribution in [0.3, 0.4) is 0 Å². The molecule has 0 bridgehead atoms. The van der Waals surface area contributed by atoms with Gasteiger partial charge in [0.25, 0.3) is 16.5 Å². The van der Waals surface area contributed by atoms with E-state index in [2.05, 4.69) is 10.6 Å². The first-order chi connectivity index (χ1) is 16.6. The fourth-order valence-corrected chi connectivity index (χ4v) is 4.54. The maximum absolute atomic E-state index is 12.0. The van der Waals surface area contributed by atoms with Crippen molar-refractivity contribution in [2.75, 3.05) is 33.6 Å². The van der Waals surface area contributed by atoms with Crippen LogP contribution in [0, 0.1) is 0 Å². The van der Waals surface area contributed by atoms with Gasteiger partial charge in [-0.1, -0.05) is 6.07 Å². The molecular formula is C23H30N2O9S. The smallest absolute Gasteiger partial charge is 0.266 e. The maximum atomic E-state index is 12.0. The van der Waals surface area contributed by atoms with Crippen molar-refractivity contribution >= 4 is 16.0 Å². The topological polar surface area (TPSA) is 153 Å². The van der Waals surface area contributed by atoms with Crippen molar-refractivity contribution in [2.45, 2.75) is 32.2 Å². The van der Waals surface area contributed by atoms with Crippen molar-refractivity contribution in [2.24, 2.45) is 0 Å². The van der Waals surface area contributed by atoms with Crippen molar-refractivity contribution in [3.63, 3.8) is 0 Å². The summed E-state index contributed by atoms with van der Waals surface area (Å²) in [6.45, 7) is 1.22. The molecular weight excluding hydrogens is 480 g/mol. The predicted octanol–water partition coefficient (Wildman–Crippen LogP) is 1.63. The molecule has 0 radical (unpaired) electrons. The Morgan fingerprint density at radius 3 is 2.46 bits per heavy atom. The number of aliphatic hydroxyl groups excluding tert-OH is 1. The number of amides is 1. The lowest BCUT2D eigenvalue weighted by atomic mass is 9.93. The highest BCUT2D eigenvalue weighted by atomic mass is 32.2. The molecule has 0 spiro atoms. The molecule has 2 atom stereocenters. The summed E-state index contributed by atoms with van der Waals surface area (Å²) >= 11 is 0. The summed E-state index contributed by atoms with van der Waals surface area (Å²) in [5, 5.41) is 15.5. The molecule has 3 rings (SSSR count). The van der Waals surface area contributed by atoms with E-state index in [1.165, 1.54) is 14.0 Å². The number of hydrogen-bond acceptors (Lipinski definition) is 9. The number of carbonyl (C=O) groups excluding carboxylic acids is 1. The highest BCUT2D eigenvalue weighted by Gasteiger charge is 2.29. The van der Waals surface area contributed by atoms with Crippen LogP contribution in [0.5, 0.6) is 23.0 Å². The number of fused-ring (bicyclic) bond motifs is 3. The summed E-state index contributed by atoms with van der Waals surface area (Å²) in [6, 6.07) is 6.68. The van der Waals surface area contributed by atoms with E-state index < -0.39 is 22.3 Å². The minimum atomic E-state index is -4.17. The van der Waals surface area contributed by atoms with Gasteiger partial charge in [-0.05, 0) is 47.7 Å². The number of aryl methyl sites for hydroxylation is 1. The summed E-state index contributed by atoms with van der Waals surface area (Å²) in [7, 11) is 0.442. The Hall–Kier alpha value is -3.06. The highest BCUT2D eigenvalue weighted by Crippen LogP contribution is 2.50. The van der Waals surface area contributed by atoms with Gasteiger partial charge in [0.05, 0.1) is 33.1 Å². The number of aliphatic hydroxyl groups is 1. The third kappa shape index (κ3) is 6.34. The van der Waals surface area contributed by atoms with Crippen LogP contribution in [-0.4, -0.2) is 64.0 Å². The molecule has 4 N–H and O–H groups in total. The minimum Gasteiger partial charge on any atom is -0.493 e. The van der Waals surface area contributed by atoms with Gasteiger partial charge in [0, 0.05) is 19.0 Å². The Kier molecular flexibility index (Phi) is 8.43. The van der Waals surface area contributed by atoms with E-state index in [0.717, 1.165) is 22.3 Å². The third-order valence-electron chi connectivity index (χ3n) is 5.59.